The summed E-state index contributed by atoms with van der Waals surface area (Å²) < 4.78 is 2.08. The van der Waals surface area contributed by atoms with Gasteiger partial charge >= 0.3 is 6.03 Å². The van der Waals surface area contributed by atoms with Gasteiger partial charge in [-0.2, -0.15) is 0 Å². The van der Waals surface area contributed by atoms with Crippen molar-refractivity contribution in [3.05, 3.63) is 24.5 Å². The van der Waals surface area contributed by atoms with E-state index in [0.29, 0.717) is 11.2 Å². The maximum Gasteiger partial charge on any atom is 0.321 e. The molecule has 0 bridgehead atoms. The molecule has 0 saturated heterocycles. The maximum absolute atomic E-state index is 11.9. The van der Waals surface area contributed by atoms with Gasteiger partial charge in [-0.25, -0.2) is 4.79 Å². The summed E-state index contributed by atoms with van der Waals surface area (Å²) >= 11 is 1.30. The Morgan fingerprint density at radius 2 is 1.92 bits per heavy atom. The lowest BCUT2D eigenvalue weighted by Gasteiger charge is -2.09. The van der Waals surface area contributed by atoms with E-state index in [2.05, 4.69) is 30.4 Å². The molecular weight excluding hydrogens is 340 g/mol. The topological polar surface area (TPSA) is 102 Å². The van der Waals surface area contributed by atoms with Crippen molar-refractivity contribution < 1.29 is 9.59 Å². The molecule has 9 heteroatoms. The van der Waals surface area contributed by atoms with Crippen LogP contribution < -0.4 is 10.6 Å². The number of thioether (sulfide) groups is 1. The number of urea groups is 1. The summed E-state index contributed by atoms with van der Waals surface area (Å²) in [6.07, 6.45) is 7.58. The van der Waals surface area contributed by atoms with Gasteiger partial charge in [0.1, 0.15) is 0 Å². The molecule has 0 aromatic carbocycles. The monoisotopic (exact) mass is 358 g/mol. The highest BCUT2D eigenvalue weighted by molar-refractivity contribution is 7.99. The number of amides is 3. The average molecular weight is 358 g/mol. The van der Waals surface area contributed by atoms with Gasteiger partial charge in [0.2, 0.25) is 5.91 Å². The number of nitrogens with zero attached hydrogens (tertiary/aromatic N) is 4. The lowest BCUT2D eigenvalue weighted by atomic mass is 10.2. The van der Waals surface area contributed by atoms with Crippen LogP contribution in [0.5, 0.6) is 0 Å². The number of pyridine rings is 1. The van der Waals surface area contributed by atoms with Crippen LogP contribution >= 0.6 is 11.8 Å². The minimum atomic E-state index is -0.422. The third-order valence-electron chi connectivity index (χ3n) is 4.01. The van der Waals surface area contributed by atoms with Crippen LogP contribution in [-0.4, -0.2) is 43.5 Å². The quantitative estimate of drug-likeness (QED) is 0.763. The molecule has 2 aliphatic carbocycles. The third-order valence-corrected chi connectivity index (χ3v) is 4.96. The Kier molecular flexibility index (Phi) is 4.39. The molecule has 0 unspecified atom stereocenters. The Labute approximate surface area is 148 Å². The Bertz CT molecular complexity index is 785. The third kappa shape index (κ3) is 3.98. The van der Waals surface area contributed by atoms with Crippen molar-refractivity contribution in [1.82, 2.24) is 30.4 Å². The zero-order chi connectivity index (χ0) is 17.2. The average Bonchev–Trinajstić information content (AvgIpc) is 3.54. The largest absolute Gasteiger partial charge is 0.335 e. The second kappa shape index (κ2) is 6.83. The van der Waals surface area contributed by atoms with Gasteiger partial charge in [-0.3, -0.25) is 19.7 Å². The summed E-state index contributed by atoms with van der Waals surface area (Å²) in [7, 11) is 0. The standard InChI is InChI=1S/C16H18N6O2S/c23-13(19-15(24)18-11-1-2-11)9-25-16-21-20-14(22(16)12-3-4-12)10-5-7-17-8-6-10/h5-8,11-12H,1-4,9H2,(H2,18,19,23,24). The van der Waals surface area contributed by atoms with Crippen molar-refractivity contribution in [3.63, 3.8) is 0 Å². The smallest absolute Gasteiger partial charge is 0.321 e. The molecule has 2 N–H and O–H groups in total. The Morgan fingerprint density at radius 1 is 1.16 bits per heavy atom. The highest BCUT2D eigenvalue weighted by Gasteiger charge is 2.30. The minimum Gasteiger partial charge on any atom is -0.335 e. The van der Waals surface area contributed by atoms with Gasteiger partial charge in [0.15, 0.2) is 11.0 Å². The fourth-order valence-electron chi connectivity index (χ4n) is 2.48. The molecule has 0 spiro atoms. The van der Waals surface area contributed by atoms with E-state index in [9.17, 15) is 9.59 Å². The Balaban J connectivity index is 1.41. The van der Waals surface area contributed by atoms with Gasteiger partial charge in [0.25, 0.3) is 0 Å². The van der Waals surface area contributed by atoms with E-state index in [4.69, 9.17) is 0 Å². The first-order chi connectivity index (χ1) is 12.2. The molecule has 2 fully saturated rings. The molecule has 8 nitrogen and oxygen atoms in total. The van der Waals surface area contributed by atoms with Crippen LogP contribution in [0.3, 0.4) is 0 Å². The second-order valence-electron chi connectivity index (χ2n) is 6.23. The zero-order valence-electron chi connectivity index (χ0n) is 13.5. The predicted molar refractivity (Wildman–Crippen MR) is 91.9 cm³/mol. The molecule has 130 valence electrons. The predicted octanol–water partition coefficient (Wildman–Crippen LogP) is 1.76. The van der Waals surface area contributed by atoms with Crippen LogP contribution in [0.1, 0.15) is 31.7 Å². The molecule has 0 radical (unpaired) electrons. The number of hydrogen-bond acceptors (Lipinski definition) is 6. The highest BCUT2D eigenvalue weighted by Crippen LogP contribution is 2.40. The van der Waals surface area contributed by atoms with E-state index in [0.717, 1.165) is 37.1 Å². The van der Waals surface area contributed by atoms with Crippen molar-refractivity contribution >= 4 is 23.7 Å². The molecule has 2 heterocycles. The van der Waals surface area contributed by atoms with Crippen molar-refractivity contribution in [2.24, 2.45) is 0 Å². The second-order valence-corrected chi connectivity index (χ2v) is 7.17. The van der Waals surface area contributed by atoms with E-state index in [1.54, 1.807) is 12.4 Å². The molecule has 3 amide bonds. The number of nitrogens with one attached hydrogen (secondary N) is 2. The molecule has 0 atom stereocenters. The molecular formula is C16H18N6O2S. The summed E-state index contributed by atoms with van der Waals surface area (Å²) in [5, 5.41) is 14.3. The van der Waals surface area contributed by atoms with Gasteiger partial charge in [0.05, 0.1) is 5.75 Å². The molecule has 2 aromatic rings. The van der Waals surface area contributed by atoms with Crippen LogP contribution in [0.15, 0.2) is 29.7 Å². The van der Waals surface area contributed by atoms with Crippen LogP contribution in [0.25, 0.3) is 11.4 Å². The molecule has 25 heavy (non-hydrogen) atoms. The summed E-state index contributed by atoms with van der Waals surface area (Å²) in [4.78, 5) is 27.6. The van der Waals surface area contributed by atoms with Crippen molar-refractivity contribution in [2.45, 2.75) is 42.9 Å². The van der Waals surface area contributed by atoms with E-state index < -0.39 is 6.03 Å². The van der Waals surface area contributed by atoms with Crippen LogP contribution in [0.4, 0.5) is 4.79 Å². The van der Waals surface area contributed by atoms with Gasteiger partial charge in [0, 0.05) is 30.0 Å². The summed E-state index contributed by atoms with van der Waals surface area (Å²) in [6, 6.07) is 3.97. The van der Waals surface area contributed by atoms with Crippen LogP contribution in [0, 0.1) is 0 Å². The normalized spacial score (nSPS) is 16.5. The fraction of sp³-hybridized carbons (Fsp3) is 0.438. The highest BCUT2D eigenvalue weighted by atomic mass is 32.2. The molecule has 0 aliphatic heterocycles. The minimum absolute atomic E-state index is 0.124. The number of carbonyl (C=O) groups is 2. The van der Waals surface area contributed by atoms with Gasteiger partial charge in [-0.05, 0) is 37.8 Å². The van der Waals surface area contributed by atoms with Gasteiger partial charge < -0.3 is 5.32 Å². The SMILES string of the molecule is O=C(CSc1nnc(-c2ccncc2)n1C1CC1)NC(=O)NC1CC1. The van der Waals surface area contributed by atoms with Crippen molar-refractivity contribution in [3.8, 4) is 11.4 Å². The van der Waals surface area contributed by atoms with Crippen LogP contribution in [-0.2, 0) is 4.79 Å². The first-order valence-electron chi connectivity index (χ1n) is 8.29. The maximum atomic E-state index is 11.9. The lowest BCUT2D eigenvalue weighted by Crippen LogP contribution is -2.41. The zero-order valence-corrected chi connectivity index (χ0v) is 14.3. The van der Waals surface area contributed by atoms with E-state index >= 15 is 0 Å². The fourth-order valence-corrected chi connectivity index (χ4v) is 3.28. The van der Waals surface area contributed by atoms with Crippen molar-refractivity contribution in [1.29, 1.82) is 0 Å². The Morgan fingerprint density at radius 3 is 2.60 bits per heavy atom. The summed E-state index contributed by atoms with van der Waals surface area (Å²) in [5.74, 6) is 0.581. The summed E-state index contributed by atoms with van der Waals surface area (Å²) in [6.45, 7) is 0. The Hall–Kier alpha value is -2.42. The van der Waals surface area contributed by atoms with E-state index in [1.807, 2.05) is 12.1 Å². The van der Waals surface area contributed by atoms with Crippen molar-refractivity contribution in [2.75, 3.05) is 5.75 Å². The first-order valence-corrected chi connectivity index (χ1v) is 9.27. The molecule has 2 aromatic heterocycles. The molecule has 2 saturated carbocycles. The number of imide groups is 1. The van der Waals surface area contributed by atoms with E-state index in [-0.39, 0.29) is 17.7 Å². The number of rotatable bonds is 6. The van der Waals surface area contributed by atoms with Crippen LogP contribution in [0.2, 0.25) is 0 Å². The molecule has 4 rings (SSSR count). The number of carbonyl (C=O) groups excluding carboxylic acids is 2. The lowest BCUT2D eigenvalue weighted by molar-refractivity contribution is -0.117. The number of aromatic nitrogens is 4. The molecule has 2 aliphatic rings. The van der Waals surface area contributed by atoms with Gasteiger partial charge in [-0.1, -0.05) is 11.8 Å². The van der Waals surface area contributed by atoms with Gasteiger partial charge in [-0.15, -0.1) is 10.2 Å². The number of hydrogen-bond donors (Lipinski definition) is 2. The first kappa shape index (κ1) is 16.1. The summed E-state index contributed by atoms with van der Waals surface area (Å²) in [5.41, 5.74) is 0.953. The van der Waals surface area contributed by atoms with E-state index in [1.165, 1.54) is 11.8 Å².